The van der Waals surface area contributed by atoms with Crippen molar-refractivity contribution < 1.29 is 4.79 Å². The Kier molecular flexibility index (Phi) is 3.88. The minimum atomic E-state index is -0.376. The number of nitrogens with one attached hydrogen (secondary N) is 2. The number of carbonyl (C=O) groups excluding carboxylic acids is 1. The molecule has 0 aromatic carbocycles. The highest BCUT2D eigenvalue weighted by Gasteiger charge is 2.17. The lowest BCUT2D eigenvalue weighted by atomic mass is 10.2. The SMILES string of the molecule is CCC(NC(=O)c1c[nH]ccc1=O)c1nccs1. The number of amides is 1. The molecule has 0 aliphatic heterocycles. The smallest absolute Gasteiger partial charge is 0.257 e. The second kappa shape index (κ2) is 5.59. The summed E-state index contributed by atoms with van der Waals surface area (Å²) in [4.78, 5) is 30.4. The first-order chi connectivity index (χ1) is 8.72. The van der Waals surface area contributed by atoms with E-state index in [9.17, 15) is 9.59 Å². The number of aromatic amines is 1. The summed E-state index contributed by atoms with van der Waals surface area (Å²) < 4.78 is 0. The molecule has 0 fully saturated rings. The molecule has 0 saturated heterocycles. The quantitative estimate of drug-likeness (QED) is 0.881. The molecule has 0 radical (unpaired) electrons. The van der Waals surface area contributed by atoms with Crippen LogP contribution in [0.4, 0.5) is 0 Å². The van der Waals surface area contributed by atoms with Gasteiger partial charge in [-0.15, -0.1) is 11.3 Å². The summed E-state index contributed by atoms with van der Waals surface area (Å²) in [6, 6.07) is 1.18. The zero-order valence-electron chi connectivity index (χ0n) is 9.84. The van der Waals surface area contributed by atoms with Crippen molar-refractivity contribution in [2.45, 2.75) is 19.4 Å². The van der Waals surface area contributed by atoms with Gasteiger partial charge in [-0.1, -0.05) is 6.92 Å². The molecule has 94 valence electrons. The van der Waals surface area contributed by atoms with Gasteiger partial charge in [-0.3, -0.25) is 9.59 Å². The van der Waals surface area contributed by atoms with Gasteiger partial charge in [0.05, 0.1) is 6.04 Å². The first-order valence-corrected chi connectivity index (χ1v) is 6.47. The minimum absolute atomic E-state index is 0.118. The van der Waals surface area contributed by atoms with Crippen LogP contribution in [0.3, 0.4) is 0 Å². The van der Waals surface area contributed by atoms with Gasteiger partial charge in [0.15, 0.2) is 5.43 Å². The zero-order valence-corrected chi connectivity index (χ0v) is 10.7. The summed E-state index contributed by atoms with van der Waals surface area (Å²) in [7, 11) is 0. The first kappa shape index (κ1) is 12.5. The van der Waals surface area contributed by atoms with Crippen molar-refractivity contribution in [1.29, 1.82) is 0 Å². The van der Waals surface area contributed by atoms with Crippen molar-refractivity contribution in [3.8, 4) is 0 Å². The zero-order chi connectivity index (χ0) is 13.0. The van der Waals surface area contributed by atoms with Crippen molar-refractivity contribution in [3.63, 3.8) is 0 Å². The van der Waals surface area contributed by atoms with Crippen LogP contribution in [-0.2, 0) is 0 Å². The fraction of sp³-hybridized carbons (Fsp3) is 0.250. The molecule has 5 nitrogen and oxygen atoms in total. The highest BCUT2D eigenvalue weighted by atomic mass is 32.1. The summed E-state index contributed by atoms with van der Waals surface area (Å²) in [6.07, 6.45) is 5.33. The van der Waals surface area contributed by atoms with Gasteiger partial charge >= 0.3 is 0 Å². The summed E-state index contributed by atoms with van der Waals surface area (Å²) >= 11 is 1.49. The van der Waals surface area contributed by atoms with E-state index in [4.69, 9.17) is 0 Å². The van der Waals surface area contributed by atoms with Crippen LogP contribution < -0.4 is 10.7 Å². The third-order valence-corrected chi connectivity index (χ3v) is 3.42. The van der Waals surface area contributed by atoms with Crippen LogP contribution in [-0.4, -0.2) is 15.9 Å². The summed E-state index contributed by atoms with van der Waals surface area (Å²) in [5.74, 6) is -0.376. The number of rotatable bonds is 4. The third kappa shape index (κ3) is 2.65. The molecule has 1 amide bonds. The third-order valence-electron chi connectivity index (χ3n) is 2.53. The molecular formula is C12H13N3O2S. The fourth-order valence-corrected chi connectivity index (χ4v) is 2.35. The Morgan fingerprint density at radius 3 is 3.06 bits per heavy atom. The van der Waals surface area contributed by atoms with Crippen LogP contribution in [0.15, 0.2) is 34.8 Å². The van der Waals surface area contributed by atoms with Crippen LogP contribution in [0.5, 0.6) is 0 Å². The number of thiazole rings is 1. The molecule has 0 saturated carbocycles. The van der Waals surface area contributed by atoms with E-state index in [1.54, 1.807) is 6.20 Å². The van der Waals surface area contributed by atoms with E-state index in [-0.39, 0.29) is 22.9 Å². The van der Waals surface area contributed by atoms with Crippen LogP contribution in [0.25, 0.3) is 0 Å². The topological polar surface area (TPSA) is 74.8 Å². The highest BCUT2D eigenvalue weighted by Crippen LogP contribution is 2.18. The molecule has 2 aromatic heterocycles. The number of nitrogens with zero attached hydrogens (tertiary/aromatic N) is 1. The number of aromatic nitrogens is 2. The van der Waals surface area contributed by atoms with Crippen molar-refractivity contribution in [1.82, 2.24) is 15.3 Å². The van der Waals surface area contributed by atoms with Gasteiger partial charge < -0.3 is 10.3 Å². The second-order valence-corrected chi connectivity index (χ2v) is 4.65. The number of H-pyrrole nitrogens is 1. The van der Waals surface area contributed by atoms with Crippen LogP contribution >= 0.6 is 11.3 Å². The van der Waals surface area contributed by atoms with Crippen molar-refractivity contribution in [3.05, 3.63) is 50.8 Å². The Bertz CT molecular complexity index is 577. The largest absolute Gasteiger partial charge is 0.367 e. The molecule has 0 aliphatic carbocycles. The maximum absolute atomic E-state index is 12.0. The van der Waals surface area contributed by atoms with Gasteiger partial charge in [0.2, 0.25) is 0 Å². The molecule has 1 atom stereocenters. The van der Waals surface area contributed by atoms with E-state index in [1.807, 2.05) is 12.3 Å². The molecule has 6 heteroatoms. The number of hydrogen-bond acceptors (Lipinski definition) is 4. The van der Waals surface area contributed by atoms with Crippen LogP contribution in [0.2, 0.25) is 0 Å². The van der Waals surface area contributed by atoms with E-state index in [0.717, 1.165) is 11.4 Å². The Morgan fingerprint density at radius 1 is 1.61 bits per heavy atom. The van der Waals surface area contributed by atoms with Gasteiger partial charge in [0.1, 0.15) is 10.6 Å². The second-order valence-electron chi connectivity index (χ2n) is 3.73. The normalized spacial score (nSPS) is 12.1. The Balaban J connectivity index is 2.16. The minimum Gasteiger partial charge on any atom is -0.367 e. The molecule has 2 heterocycles. The van der Waals surface area contributed by atoms with E-state index in [0.29, 0.717) is 0 Å². The fourth-order valence-electron chi connectivity index (χ4n) is 1.57. The Labute approximate surface area is 108 Å². The molecule has 0 spiro atoms. The van der Waals surface area contributed by atoms with E-state index in [1.165, 1.54) is 29.8 Å². The predicted molar refractivity (Wildman–Crippen MR) is 69.7 cm³/mol. The highest BCUT2D eigenvalue weighted by molar-refractivity contribution is 7.09. The maximum atomic E-state index is 12.0. The standard InChI is InChI=1S/C12H13N3O2S/c1-2-9(12-14-5-6-18-12)15-11(17)8-7-13-4-3-10(8)16/h3-7,9H,2H2,1H3,(H,13,16)(H,15,17). The van der Waals surface area contributed by atoms with Crippen LogP contribution in [0, 0.1) is 0 Å². The van der Waals surface area contributed by atoms with Gasteiger partial charge in [0.25, 0.3) is 5.91 Å². The van der Waals surface area contributed by atoms with E-state index >= 15 is 0 Å². The lowest BCUT2D eigenvalue weighted by molar-refractivity contribution is 0.0934. The Hall–Kier alpha value is -1.95. The molecule has 0 bridgehead atoms. The summed E-state index contributed by atoms with van der Waals surface area (Å²) in [6.45, 7) is 1.96. The number of pyridine rings is 1. The van der Waals surface area contributed by atoms with Gasteiger partial charge in [-0.25, -0.2) is 4.98 Å². The van der Waals surface area contributed by atoms with E-state index in [2.05, 4.69) is 15.3 Å². The number of hydrogen-bond donors (Lipinski definition) is 2. The van der Waals surface area contributed by atoms with Crippen molar-refractivity contribution >= 4 is 17.2 Å². The molecule has 18 heavy (non-hydrogen) atoms. The van der Waals surface area contributed by atoms with Gasteiger partial charge in [0, 0.05) is 30.0 Å². The molecule has 2 aromatic rings. The number of carbonyl (C=O) groups is 1. The summed E-state index contributed by atoms with van der Waals surface area (Å²) in [5, 5.41) is 5.52. The Morgan fingerprint density at radius 2 is 2.44 bits per heavy atom. The van der Waals surface area contributed by atoms with Gasteiger partial charge in [-0.05, 0) is 6.42 Å². The molecule has 2 N–H and O–H groups in total. The molecule has 1 unspecified atom stereocenters. The lowest BCUT2D eigenvalue weighted by Crippen LogP contribution is -2.31. The molecule has 2 rings (SSSR count). The van der Waals surface area contributed by atoms with E-state index < -0.39 is 0 Å². The summed E-state index contributed by atoms with van der Waals surface area (Å²) in [5.41, 5.74) is -0.173. The average Bonchev–Trinajstić information content (AvgIpc) is 2.90. The monoisotopic (exact) mass is 263 g/mol. The molecular weight excluding hydrogens is 250 g/mol. The maximum Gasteiger partial charge on any atom is 0.257 e. The lowest BCUT2D eigenvalue weighted by Gasteiger charge is -2.13. The first-order valence-electron chi connectivity index (χ1n) is 5.59. The predicted octanol–water partition coefficient (Wildman–Crippen LogP) is 1.71. The van der Waals surface area contributed by atoms with Crippen LogP contribution in [0.1, 0.15) is 34.8 Å². The van der Waals surface area contributed by atoms with Crippen molar-refractivity contribution in [2.75, 3.05) is 0 Å². The average molecular weight is 263 g/mol. The van der Waals surface area contributed by atoms with Gasteiger partial charge in [-0.2, -0.15) is 0 Å². The van der Waals surface area contributed by atoms with Crippen molar-refractivity contribution in [2.24, 2.45) is 0 Å². The molecule has 0 aliphatic rings.